The first-order chi connectivity index (χ1) is 14.1. The van der Waals surface area contributed by atoms with Gasteiger partial charge in [0.15, 0.2) is 5.65 Å². The maximum absolute atomic E-state index is 13.0. The Morgan fingerprint density at radius 2 is 1.86 bits per heavy atom. The molecule has 3 heterocycles. The van der Waals surface area contributed by atoms with Gasteiger partial charge in [0.1, 0.15) is 12.4 Å². The lowest BCUT2D eigenvalue weighted by atomic mass is 10.1. The van der Waals surface area contributed by atoms with Crippen LogP contribution in [0.25, 0.3) is 33.2 Å². The normalized spacial score (nSPS) is 11.4. The highest BCUT2D eigenvalue weighted by molar-refractivity contribution is 6.00. The standard InChI is InChI=1S/C22H20N6O/c1-14-20-21(24-25-22(20)27(2)26-14)23-19(29)13-28-17-11-7-6-10-16(17)12-18(28)15-8-4-3-5-9-15/h3-12H,13H2,1-2H3,(H2,23,24,25,29). The number of nitrogens with one attached hydrogen (secondary N) is 2. The highest BCUT2D eigenvalue weighted by Gasteiger charge is 2.18. The summed E-state index contributed by atoms with van der Waals surface area (Å²) < 4.78 is 3.74. The number of rotatable bonds is 4. The molecule has 5 aromatic rings. The van der Waals surface area contributed by atoms with Crippen LogP contribution in [0.2, 0.25) is 0 Å². The van der Waals surface area contributed by atoms with Gasteiger partial charge in [0.25, 0.3) is 0 Å². The Balaban J connectivity index is 1.52. The van der Waals surface area contributed by atoms with Crippen molar-refractivity contribution in [2.75, 3.05) is 5.32 Å². The number of hydrogen-bond donors (Lipinski definition) is 2. The van der Waals surface area contributed by atoms with Crippen molar-refractivity contribution in [2.24, 2.45) is 7.05 Å². The summed E-state index contributed by atoms with van der Waals surface area (Å²) in [7, 11) is 1.83. The molecule has 5 rings (SSSR count). The van der Waals surface area contributed by atoms with Crippen LogP contribution < -0.4 is 5.32 Å². The van der Waals surface area contributed by atoms with Gasteiger partial charge in [-0.2, -0.15) is 10.2 Å². The highest BCUT2D eigenvalue weighted by Crippen LogP contribution is 2.29. The molecule has 29 heavy (non-hydrogen) atoms. The van der Waals surface area contributed by atoms with E-state index in [9.17, 15) is 4.79 Å². The first-order valence-electron chi connectivity index (χ1n) is 9.43. The minimum atomic E-state index is -0.127. The Bertz CT molecular complexity index is 1340. The number of carbonyl (C=O) groups excluding carboxylic acids is 1. The molecule has 0 aliphatic heterocycles. The van der Waals surface area contributed by atoms with E-state index in [4.69, 9.17) is 0 Å². The fraction of sp³-hybridized carbons (Fsp3) is 0.136. The van der Waals surface area contributed by atoms with Crippen molar-refractivity contribution in [3.8, 4) is 11.3 Å². The summed E-state index contributed by atoms with van der Waals surface area (Å²) >= 11 is 0. The number of aryl methyl sites for hydroxylation is 2. The first kappa shape index (κ1) is 17.2. The van der Waals surface area contributed by atoms with Crippen molar-refractivity contribution in [2.45, 2.75) is 13.5 Å². The zero-order valence-corrected chi connectivity index (χ0v) is 16.2. The number of para-hydroxylation sites is 1. The van der Waals surface area contributed by atoms with Gasteiger partial charge >= 0.3 is 0 Å². The van der Waals surface area contributed by atoms with E-state index in [-0.39, 0.29) is 12.5 Å². The third kappa shape index (κ3) is 2.87. The Kier molecular flexibility index (Phi) is 3.94. The van der Waals surface area contributed by atoms with Crippen LogP contribution in [0, 0.1) is 6.92 Å². The molecule has 3 aromatic heterocycles. The molecule has 0 atom stereocenters. The average Bonchev–Trinajstić information content (AvgIpc) is 3.38. The molecule has 0 saturated carbocycles. The second kappa shape index (κ2) is 6.63. The summed E-state index contributed by atoms with van der Waals surface area (Å²) in [6.45, 7) is 2.10. The fourth-order valence-corrected chi connectivity index (χ4v) is 3.87. The first-order valence-corrected chi connectivity index (χ1v) is 9.43. The number of hydrogen-bond acceptors (Lipinski definition) is 3. The summed E-state index contributed by atoms with van der Waals surface area (Å²) in [6.07, 6.45) is 0. The van der Waals surface area contributed by atoms with Crippen molar-refractivity contribution < 1.29 is 4.79 Å². The predicted octanol–water partition coefficient (Wildman–Crippen LogP) is 3.87. The number of nitrogens with zero attached hydrogens (tertiary/aromatic N) is 4. The third-order valence-electron chi connectivity index (χ3n) is 5.16. The highest BCUT2D eigenvalue weighted by atomic mass is 16.2. The molecule has 1 amide bonds. The number of anilines is 1. The van der Waals surface area contributed by atoms with Crippen LogP contribution >= 0.6 is 0 Å². The maximum atomic E-state index is 13.0. The monoisotopic (exact) mass is 384 g/mol. The molecule has 0 bridgehead atoms. The van der Waals surface area contributed by atoms with Gasteiger partial charge in [0.05, 0.1) is 11.1 Å². The number of H-pyrrole nitrogens is 1. The summed E-state index contributed by atoms with van der Waals surface area (Å²) in [5, 5.41) is 16.4. The van der Waals surface area contributed by atoms with Gasteiger partial charge in [-0.3, -0.25) is 9.89 Å². The maximum Gasteiger partial charge on any atom is 0.245 e. The van der Waals surface area contributed by atoms with Crippen molar-refractivity contribution in [1.29, 1.82) is 0 Å². The van der Waals surface area contributed by atoms with E-state index >= 15 is 0 Å². The average molecular weight is 384 g/mol. The molecule has 2 aromatic carbocycles. The molecule has 2 N–H and O–H groups in total. The largest absolute Gasteiger partial charge is 0.331 e. The summed E-state index contributed by atoms with van der Waals surface area (Å²) in [6, 6.07) is 20.3. The Labute approximate surface area is 167 Å². The molecule has 0 aliphatic carbocycles. The van der Waals surface area contributed by atoms with Crippen LogP contribution in [0.3, 0.4) is 0 Å². The van der Waals surface area contributed by atoms with Crippen LogP contribution in [0.1, 0.15) is 5.69 Å². The molecule has 0 radical (unpaired) electrons. The molecule has 0 spiro atoms. The van der Waals surface area contributed by atoms with E-state index in [1.54, 1.807) is 4.68 Å². The molecule has 0 unspecified atom stereocenters. The Morgan fingerprint density at radius 1 is 1.10 bits per heavy atom. The van der Waals surface area contributed by atoms with Gasteiger partial charge in [-0.15, -0.1) is 0 Å². The Hall–Kier alpha value is -3.87. The number of aromatic nitrogens is 5. The van der Waals surface area contributed by atoms with Gasteiger partial charge < -0.3 is 9.88 Å². The van der Waals surface area contributed by atoms with Crippen LogP contribution in [-0.2, 0) is 18.4 Å². The second-order valence-electron chi connectivity index (χ2n) is 7.09. The number of carbonyl (C=O) groups is 1. The Morgan fingerprint density at radius 3 is 2.69 bits per heavy atom. The van der Waals surface area contributed by atoms with E-state index in [2.05, 4.69) is 44.9 Å². The van der Waals surface area contributed by atoms with E-state index in [0.717, 1.165) is 33.2 Å². The second-order valence-corrected chi connectivity index (χ2v) is 7.09. The van der Waals surface area contributed by atoms with Gasteiger partial charge in [0.2, 0.25) is 5.91 Å². The quantitative estimate of drug-likeness (QED) is 0.494. The van der Waals surface area contributed by atoms with Gasteiger partial charge in [0, 0.05) is 23.6 Å². The topological polar surface area (TPSA) is 80.5 Å². The summed E-state index contributed by atoms with van der Waals surface area (Å²) in [5.41, 5.74) is 4.64. The van der Waals surface area contributed by atoms with Crippen LogP contribution in [0.4, 0.5) is 5.82 Å². The van der Waals surface area contributed by atoms with Crippen molar-refractivity contribution in [1.82, 2.24) is 24.5 Å². The number of fused-ring (bicyclic) bond motifs is 2. The van der Waals surface area contributed by atoms with Gasteiger partial charge in [-0.05, 0) is 24.6 Å². The van der Waals surface area contributed by atoms with Crippen LogP contribution in [-0.4, -0.2) is 30.5 Å². The number of benzene rings is 2. The fourth-order valence-electron chi connectivity index (χ4n) is 3.87. The van der Waals surface area contributed by atoms with Crippen molar-refractivity contribution >= 4 is 33.7 Å². The molecule has 7 heteroatoms. The molecular formula is C22H20N6O. The minimum Gasteiger partial charge on any atom is -0.331 e. The molecule has 0 fully saturated rings. The lowest BCUT2D eigenvalue weighted by Crippen LogP contribution is -2.19. The molecule has 0 aliphatic rings. The predicted molar refractivity (Wildman–Crippen MR) is 114 cm³/mol. The zero-order valence-electron chi connectivity index (χ0n) is 16.2. The number of aromatic amines is 1. The molecule has 0 saturated heterocycles. The third-order valence-corrected chi connectivity index (χ3v) is 5.16. The van der Waals surface area contributed by atoms with Crippen molar-refractivity contribution in [3.63, 3.8) is 0 Å². The van der Waals surface area contributed by atoms with Crippen LogP contribution in [0.5, 0.6) is 0 Å². The molecular weight excluding hydrogens is 364 g/mol. The SMILES string of the molecule is Cc1nn(C)c2n[nH]c(NC(=O)Cn3c(-c4ccccc4)cc4ccccc43)c12. The van der Waals surface area contributed by atoms with E-state index in [0.29, 0.717) is 11.5 Å². The smallest absolute Gasteiger partial charge is 0.245 e. The van der Waals surface area contributed by atoms with Crippen molar-refractivity contribution in [3.05, 3.63) is 66.4 Å². The van der Waals surface area contributed by atoms with Gasteiger partial charge in [-0.25, -0.2) is 4.68 Å². The molecule has 7 nitrogen and oxygen atoms in total. The van der Waals surface area contributed by atoms with Crippen LogP contribution in [0.15, 0.2) is 60.7 Å². The van der Waals surface area contributed by atoms with E-state index in [1.807, 2.05) is 54.9 Å². The lowest BCUT2D eigenvalue weighted by Gasteiger charge is -2.11. The lowest BCUT2D eigenvalue weighted by molar-refractivity contribution is -0.116. The van der Waals surface area contributed by atoms with E-state index in [1.165, 1.54) is 0 Å². The number of amides is 1. The van der Waals surface area contributed by atoms with E-state index < -0.39 is 0 Å². The summed E-state index contributed by atoms with van der Waals surface area (Å²) in [4.78, 5) is 13.0. The molecule has 144 valence electrons. The van der Waals surface area contributed by atoms with Gasteiger partial charge in [-0.1, -0.05) is 48.5 Å². The zero-order chi connectivity index (χ0) is 20.0. The minimum absolute atomic E-state index is 0.127. The summed E-state index contributed by atoms with van der Waals surface area (Å²) in [5.74, 6) is 0.450.